The van der Waals surface area contributed by atoms with E-state index in [1.807, 2.05) is 25.1 Å². The standard InChI is InChI=1S/C21H21NO5/c1-14-7-9-16(10-8-14)21(25)15(2)27-20(24)11-12-22-17-5-3-4-6-18(17)26-13-19(22)23/h3-10,15H,11-13H2,1-2H3/t15-/m0/s1. The maximum atomic E-state index is 12.4. The van der Waals surface area contributed by atoms with Gasteiger partial charge in [0.1, 0.15) is 5.75 Å². The van der Waals surface area contributed by atoms with Crippen molar-refractivity contribution in [3.63, 3.8) is 0 Å². The summed E-state index contributed by atoms with van der Waals surface area (Å²) in [6.45, 7) is 3.59. The smallest absolute Gasteiger partial charge is 0.308 e. The third-order valence-corrected chi connectivity index (χ3v) is 4.36. The summed E-state index contributed by atoms with van der Waals surface area (Å²) in [7, 11) is 0. The molecule has 0 spiro atoms. The van der Waals surface area contributed by atoms with E-state index in [0.29, 0.717) is 17.0 Å². The Morgan fingerprint density at radius 3 is 2.59 bits per heavy atom. The predicted molar refractivity (Wildman–Crippen MR) is 100.0 cm³/mol. The van der Waals surface area contributed by atoms with Gasteiger partial charge in [0, 0.05) is 12.1 Å². The lowest BCUT2D eigenvalue weighted by molar-refractivity contribution is -0.146. The van der Waals surface area contributed by atoms with Crippen molar-refractivity contribution in [3.05, 3.63) is 59.7 Å². The fourth-order valence-corrected chi connectivity index (χ4v) is 2.86. The van der Waals surface area contributed by atoms with Gasteiger partial charge in [0.05, 0.1) is 12.1 Å². The molecule has 0 aliphatic carbocycles. The van der Waals surface area contributed by atoms with Crippen LogP contribution in [0.15, 0.2) is 48.5 Å². The molecule has 0 aromatic heterocycles. The van der Waals surface area contributed by atoms with Crippen LogP contribution in [-0.2, 0) is 14.3 Å². The number of fused-ring (bicyclic) bond motifs is 1. The zero-order valence-corrected chi connectivity index (χ0v) is 15.3. The van der Waals surface area contributed by atoms with Crippen LogP contribution in [0.1, 0.15) is 29.3 Å². The van der Waals surface area contributed by atoms with Crippen molar-refractivity contribution in [2.24, 2.45) is 0 Å². The van der Waals surface area contributed by atoms with Crippen molar-refractivity contribution < 1.29 is 23.9 Å². The molecule has 0 fully saturated rings. The van der Waals surface area contributed by atoms with Crippen LogP contribution < -0.4 is 9.64 Å². The average molecular weight is 367 g/mol. The maximum absolute atomic E-state index is 12.4. The summed E-state index contributed by atoms with van der Waals surface area (Å²) in [5.74, 6) is -0.394. The van der Waals surface area contributed by atoms with Crippen molar-refractivity contribution in [2.45, 2.75) is 26.4 Å². The Morgan fingerprint density at radius 1 is 1.15 bits per heavy atom. The molecule has 27 heavy (non-hydrogen) atoms. The molecule has 1 atom stereocenters. The van der Waals surface area contributed by atoms with Crippen LogP contribution >= 0.6 is 0 Å². The van der Waals surface area contributed by atoms with E-state index in [1.165, 1.54) is 4.90 Å². The molecule has 6 heteroatoms. The van der Waals surface area contributed by atoms with Gasteiger partial charge < -0.3 is 14.4 Å². The second kappa shape index (κ2) is 8.03. The predicted octanol–water partition coefficient (Wildman–Crippen LogP) is 2.93. The number of Topliss-reactive ketones (excluding diaryl/α,β-unsaturated/α-hetero) is 1. The highest BCUT2D eigenvalue weighted by Gasteiger charge is 2.26. The number of ether oxygens (including phenoxy) is 2. The summed E-state index contributed by atoms with van der Waals surface area (Å²) in [5.41, 5.74) is 2.18. The highest BCUT2D eigenvalue weighted by Crippen LogP contribution is 2.31. The molecule has 0 bridgehead atoms. The van der Waals surface area contributed by atoms with E-state index < -0.39 is 12.1 Å². The van der Waals surface area contributed by atoms with Gasteiger partial charge in [0.25, 0.3) is 5.91 Å². The lowest BCUT2D eigenvalue weighted by atomic mass is 10.1. The van der Waals surface area contributed by atoms with E-state index in [0.717, 1.165) is 5.56 Å². The molecule has 1 aliphatic rings. The van der Waals surface area contributed by atoms with Crippen LogP contribution in [0.25, 0.3) is 0 Å². The topological polar surface area (TPSA) is 72.9 Å². The Morgan fingerprint density at radius 2 is 1.85 bits per heavy atom. The van der Waals surface area contributed by atoms with Gasteiger partial charge in [-0.05, 0) is 26.0 Å². The lowest BCUT2D eigenvalue weighted by Crippen LogP contribution is -2.40. The first-order valence-corrected chi connectivity index (χ1v) is 8.78. The van der Waals surface area contributed by atoms with E-state index in [-0.39, 0.29) is 31.3 Å². The fraction of sp³-hybridized carbons (Fsp3) is 0.286. The minimum Gasteiger partial charge on any atom is -0.482 e. The minimum absolute atomic E-state index is 0.00834. The number of aryl methyl sites for hydroxylation is 1. The van der Waals surface area contributed by atoms with Gasteiger partial charge >= 0.3 is 5.97 Å². The molecule has 0 radical (unpaired) electrons. The number of nitrogens with zero attached hydrogens (tertiary/aromatic N) is 1. The van der Waals surface area contributed by atoms with Crippen LogP contribution in [0.2, 0.25) is 0 Å². The summed E-state index contributed by atoms with van der Waals surface area (Å²) in [4.78, 5) is 38.1. The van der Waals surface area contributed by atoms with Crippen molar-refractivity contribution >= 4 is 23.3 Å². The summed E-state index contributed by atoms with van der Waals surface area (Å²) in [5, 5.41) is 0. The van der Waals surface area contributed by atoms with Gasteiger partial charge in [-0.1, -0.05) is 42.0 Å². The third kappa shape index (κ3) is 4.34. The SMILES string of the molecule is Cc1ccc(C(=O)[C@H](C)OC(=O)CCN2C(=O)COc3ccccc32)cc1. The van der Waals surface area contributed by atoms with Crippen molar-refractivity contribution in [1.82, 2.24) is 0 Å². The number of ketones is 1. The Bertz CT molecular complexity index is 859. The van der Waals surface area contributed by atoms with E-state index in [4.69, 9.17) is 9.47 Å². The molecular formula is C21H21NO5. The molecule has 1 heterocycles. The lowest BCUT2D eigenvalue weighted by Gasteiger charge is -2.29. The third-order valence-electron chi connectivity index (χ3n) is 4.36. The largest absolute Gasteiger partial charge is 0.482 e. The Balaban J connectivity index is 1.57. The van der Waals surface area contributed by atoms with Crippen LogP contribution in [0.4, 0.5) is 5.69 Å². The number of esters is 1. The number of anilines is 1. The van der Waals surface area contributed by atoms with E-state index in [2.05, 4.69) is 0 Å². The number of hydrogen-bond acceptors (Lipinski definition) is 5. The van der Waals surface area contributed by atoms with Gasteiger partial charge in [-0.3, -0.25) is 14.4 Å². The minimum atomic E-state index is -0.882. The van der Waals surface area contributed by atoms with Gasteiger partial charge in [0.2, 0.25) is 5.78 Å². The van der Waals surface area contributed by atoms with Crippen molar-refractivity contribution in [1.29, 1.82) is 0 Å². The Hall–Kier alpha value is -3.15. The van der Waals surface area contributed by atoms with E-state index in [9.17, 15) is 14.4 Å². The first-order valence-electron chi connectivity index (χ1n) is 8.78. The molecular weight excluding hydrogens is 346 g/mol. The van der Waals surface area contributed by atoms with Crippen LogP contribution in [0.3, 0.4) is 0 Å². The summed E-state index contributed by atoms with van der Waals surface area (Å²) in [6, 6.07) is 14.3. The quantitative estimate of drug-likeness (QED) is 0.580. The van der Waals surface area contributed by atoms with Gasteiger partial charge in [-0.15, -0.1) is 0 Å². The molecule has 0 saturated heterocycles. The molecule has 1 aliphatic heterocycles. The molecule has 1 amide bonds. The zero-order valence-electron chi connectivity index (χ0n) is 15.3. The number of carbonyl (C=O) groups excluding carboxylic acids is 3. The van der Waals surface area contributed by atoms with Crippen molar-refractivity contribution in [2.75, 3.05) is 18.1 Å². The number of amides is 1. The molecule has 2 aromatic rings. The van der Waals surface area contributed by atoms with E-state index >= 15 is 0 Å². The molecule has 0 N–H and O–H groups in total. The van der Waals surface area contributed by atoms with Gasteiger partial charge in [-0.2, -0.15) is 0 Å². The average Bonchev–Trinajstić information content (AvgIpc) is 2.67. The van der Waals surface area contributed by atoms with Crippen LogP contribution in [0.5, 0.6) is 5.75 Å². The summed E-state index contributed by atoms with van der Waals surface area (Å²) >= 11 is 0. The number of para-hydroxylation sites is 2. The summed E-state index contributed by atoms with van der Waals surface area (Å²) < 4.78 is 10.6. The molecule has 0 saturated carbocycles. The highest BCUT2D eigenvalue weighted by atomic mass is 16.5. The molecule has 3 rings (SSSR count). The fourth-order valence-electron chi connectivity index (χ4n) is 2.86. The van der Waals surface area contributed by atoms with Crippen LogP contribution in [-0.4, -0.2) is 36.9 Å². The molecule has 140 valence electrons. The van der Waals surface area contributed by atoms with Gasteiger partial charge in [0.15, 0.2) is 12.7 Å². The van der Waals surface area contributed by atoms with Gasteiger partial charge in [-0.25, -0.2) is 0 Å². The second-order valence-electron chi connectivity index (χ2n) is 6.41. The van der Waals surface area contributed by atoms with Crippen molar-refractivity contribution in [3.8, 4) is 5.75 Å². The second-order valence-corrected chi connectivity index (χ2v) is 6.41. The normalized spacial score (nSPS) is 14.1. The molecule has 6 nitrogen and oxygen atoms in total. The number of rotatable bonds is 6. The number of hydrogen-bond donors (Lipinski definition) is 0. The Labute approximate surface area is 157 Å². The van der Waals surface area contributed by atoms with E-state index in [1.54, 1.807) is 37.3 Å². The summed E-state index contributed by atoms with van der Waals surface area (Å²) in [6.07, 6.45) is -0.890. The number of carbonyl (C=O) groups is 3. The first-order chi connectivity index (χ1) is 13.0. The zero-order chi connectivity index (χ0) is 19.4. The number of benzene rings is 2. The highest BCUT2D eigenvalue weighted by molar-refractivity contribution is 6.00. The maximum Gasteiger partial charge on any atom is 0.308 e. The molecule has 0 unspecified atom stereocenters. The Kier molecular flexibility index (Phi) is 5.54. The van der Waals surface area contributed by atoms with Crippen LogP contribution in [0, 0.1) is 6.92 Å². The first kappa shape index (κ1) is 18.6. The monoisotopic (exact) mass is 367 g/mol. The molecule has 2 aromatic carbocycles.